The lowest BCUT2D eigenvalue weighted by atomic mass is 9.94. The third-order valence-corrected chi connectivity index (χ3v) is 11.2. The van der Waals surface area contributed by atoms with E-state index < -0.39 is 58.6 Å². The van der Waals surface area contributed by atoms with Crippen molar-refractivity contribution in [3.05, 3.63) is 81.9 Å². The number of nitrogens with zero attached hydrogens (tertiary/aromatic N) is 1. The Labute approximate surface area is 314 Å². The number of nitrogens with two attached hydrogens (primary N) is 1. The number of benzene rings is 3. The lowest BCUT2D eigenvalue weighted by Gasteiger charge is -2.19. The second kappa shape index (κ2) is 16.2. The van der Waals surface area contributed by atoms with E-state index in [1.165, 1.54) is 0 Å². The molecule has 0 bridgehead atoms. The van der Waals surface area contributed by atoms with Gasteiger partial charge in [-0.2, -0.15) is 0 Å². The number of carbonyl (C=O) groups excluding carboxylic acids is 3. The molecule has 1 aliphatic carbocycles. The molecule has 16 heteroatoms. The number of hydrogen-bond acceptors (Lipinski definition) is 9. The first-order chi connectivity index (χ1) is 25.5. The second-order valence-corrected chi connectivity index (χ2v) is 15.6. The first-order valence-electron chi connectivity index (χ1n) is 17.5. The van der Waals surface area contributed by atoms with Gasteiger partial charge in [0.25, 0.3) is 10.0 Å². The maximum atomic E-state index is 13.5. The predicted octanol–water partition coefficient (Wildman–Crippen LogP) is 2.92. The molecule has 0 saturated carbocycles. The maximum absolute atomic E-state index is 13.5. The van der Waals surface area contributed by atoms with E-state index in [-0.39, 0.29) is 42.8 Å². The molecule has 15 nitrogen and oxygen atoms in total. The first kappa shape index (κ1) is 39.6. The monoisotopic (exact) mass is 762 g/mol. The third-order valence-electron chi connectivity index (χ3n) is 9.54. The van der Waals surface area contributed by atoms with Crippen molar-refractivity contribution in [1.29, 1.82) is 0 Å². The lowest BCUT2D eigenvalue weighted by molar-refractivity contribution is -0.138. The standard InChI is InChI=1S/C38H46N6O9S/c1-21-22(2)34(23(3)28-17-38(4,5)53-33(21)28)54(50,51)44-36(39)40-16-10-15-30(35(48)41-19-32(46)47)43-31(45)18-42-37(49)52-20-29-26-13-8-6-11-24(26)25-12-7-9-14-27(25)29/h6-9,11-14,29-30H,10,15-20H2,1-5H3,(H,41,48)(H,42,49)(H,43,45)(H,46,47)(H3,39,40,44)/t30-/m0/s1. The fourth-order valence-corrected chi connectivity index (χ4v) is 8.49. The van der Waals surface area contributed by atoms with Gasteiger partial charge in [0, 0.05) is 24.4 Å². The molecule has 0 unspecified atom stereocenters. The molecule has 54 heavy (non-hydrogen) atoms. The van der Waals surface area contributed by atoms with Crippen molar-refractivity contribution in [2.24, 2.45) is 10.7 Å². The van der Waals surface area contributed by atoms with Gasteiger partial charge in [0.1, 0.15) is 37.1 Å². The number of carbonyl (C=O) groups is 4. The summed E-state index contributed by atoms with van der Waals surface area (Å²) in [6.07, 6.45) is -0.145. The molecule has 0 aromatic heterocycles. The SMILES string of the molecule is Cc1c(C)c(S(=O)(=O)NC(N)=NCCC[C@H](NC(=O)CNC(=O)OCC2c3ccccc3-c3ccccc32)C(=O)NCC(=O)O)c(C)c2c1OC(C)(C)C2. The van der Waals surface area contributed by atoms with Gasteiger partial charge in [-0.05, 0) is 86.4 Å². The molecular weight excluding hydrogens is 717 g/mol. The Bertz CT molecular complexity index is 2070. The highest BCUT2D eigenvalue weighted by molar-refractivity contribution is 7.90. The fourth-order valence-electron chi connectivity index (χ4n) is 6.97. The van der Waals surface area contributed by atoms with Crippen molar-refractivity contribution < 1.29 is 42.2 Å². The van der Waals surface area contributed by atoms with Gasteiger partial charge in [0.2, 0.25) is 17.8 Å². The summed E-state index contributed by atoms with van der Waals surface area (Å²) in [5.41, 5.74) is 12.3. The lowest BCUT2D eigenvalue weighted by Crippen LogP contribution is -2.50. The predicted molar refractivity (Wildman–Crippen MR) is 201 cm³/mol. The van der Waals surface area contributed by atoms with Gasteiger partial charge in [-0.25, -0.2) is 17.9 Å². The van der Waals surface area contributed by atoms with E-state index in [1.807, 2.05) is 69.3 Å². The Morgan fingerprint density at radius 3 is 2.22 bits per heavy atom. The topological polar surface area (TPSA) is 228 Å². The Kier molecular flexibility index (Phi) is 11.8. The van der Waals surface area contributed by atoms with Gasteiger partial charge < -0.3 is 36.3 Å². The molecule has 288 valence electrons. The minimum absolute atomic E-state index is 0.0102. The minimum Gasteiger partial charge on any atom is -0.487 e. The molecule has 2 aliphatic rings. The van der Waals surface area contributed by atoms with Crippen molar-refractivity contribution in [3.63, 3.8) is 0 Å². The van der Waals surface area contributed by atoms with Crippen LogP contribution in [0.15, 0.2) is 58.4 Å². The Morgan fingerprint density at radius 1 is 0.963 bits per heavy atom. The number of fused-ring (bicyclic) bond motifs is 4. The minimum atomic E-state index is -4.13. The number of sulfonamides is 1. The van der Waals surface area contributed by atoms with Gasteiger partial charge in [-0.15, -0.1) is 0 Å². The molecule has 7 N–H and O–H groups in total. The van der Waals surface area contributed by atoms with Gasteiger partial charge in [0.15, 0.2) is 0 Å². The number of guanidine groups is 1. The average molecular weight is 763 g/mol. The van der Waals surface area contributed by atoms with Crippen molar-refractivity contribution in [2.75, 3.05) is 26.2 Å². The summed E-state index contributed by atoms with van der Waals surface area (Å²) in [5, 5.41) is 16.1. The zero-order valence-electron chi connectivity index (χ0n) is 30.9. The molecule has 0 saturated heterocycles. The summed E-state index contributed by atoms with van der Waals surface area (Å²) in [6.45, 7) is 7.94. The van der Waals surface area contributed by atoms with Crippen molar-refractivity contribution in [1.82, 2.24) is 20.7 Å². The normalized spacial score (nSPS) is 14.9. The van der Waals surface area contributed by atoms with Crippen LogP contribution in [0, 0.1) is 20.8 Å². The molecule has 0 fully saturated rings. The molecule has 0 radical (unpaired) electrons. The second-order valence-electron chi connectivity index (χ2n) is 14.0. The third kappa shape index (κ3) is 8.93. The van der Waals surface area contributed by atoms with Gasteiger partial charge in [0.05, 0.1) is 4.90 Å². The number of ether oxygens (including phenoxy) is 2. The molecular formula is C38H46N6O9S. The Morgan fingerprint density at radius 2 is 1.59 bits per heavy atom. The fraction of sp³-hybridized carbons (Fsp3) is 0.395. The van der Waals surface area contributed by atoms with E-state index in [2.05, 4.69) is 25.7 Å². The molecule has 3 aromatic rings. The van der Waals surface area contributed by atoms with Gasteiger partial charge in [-0.3, -0.25) is 19.4 Å². The molecule has 5 rings (SSSR count). The van der Waals surface area contributed by atoms with Crippen LogP contribution >= 0.6 is 0 Å². The van der Waals surface area contributed by atoms with Crippen LogP contribution in [0.5, 0.6) is 5.75 Å². The summed E-state index contributed by atoms with van der Waals surface area (Å²) in [4.78, 5) is 53.4. The number of hydrogen-bond donors (Lipinski definition) is 6. The number of aliphatic carboxylic acids is 1. The van der Waals surface area contributed by atoms with Crippen LogP contribution in [0.3, 0.4) is 0 Å². The summed E-state index contributed by atoms with van der Waals surface area (Å²) in [7, 11) is -4.13. The molecule has 1 aliphatic heterocycles. The zero-order chi connectivity index (χ0) is 39.4. The van der Waals surface area contributed by atoms with Crippen molar-refractivity contribution in [3.8, 4) is 16.9 Å². The molecule has 3 aromatic carbocycles. The first-order valence-corrected chi connectivity index (χ1v) is 19.0. The van der Waals surface area contributed by atoms with E-state index in [0.29, 0.717) is 23.3 Å². The Balaban J connectivity index is 1.14. The van der Waals surface area contributed by atoms with Crippen molar-refractivity contribution in [2.45, 2.75) is 76.3 Å². The highest BCUT2D eigenvalue weighted by Crippen LogP contribution is 2.45. The number of nitrogens with one attached hydrogen (secondary N) is 4. The van der Waals surface area contributed by atoms with Crippen LogP contribution in [0.1, 0.15) is 66.0 Å². The van der Waals surface area contributed by atoms with Crippen LogP contribution in [0.25, 0.3) is 11.1 Å². The number of carboxylic acid groups (broad SMARTS) is 1. The van der Waals surface area contributed by atoms with Crippen LogP contribution in [-0.4, -0.2) is 81.2 Å². The summed E-state index contributed by atoms with van der Waals surface area (Å²) in [5.74, 6) is -2.63. The quantitative estimate of drug-likeness (QED) is 0.0800. The zero-order valence-corrected chi connectivity index (χ0v) is 31.7. The maximum Gasteiger partial charge on any atom is 0.407 e. The van der Waals surface area contributed by atoms with Gasteiger partial charge in [-0.1, -0.05) is 48.5 Å². The van der Waals surface area contributed by atoms with Gasteiger partial charge >= 0.3 is 12.1 Å². The highest BCUT2D eigenvalue weighted by atomic mass is 32.2. The molecule has 0 spiro atoms. The van der Waals surface area contributed by atoms with E-state index in [0.717, 1.165) is 33.4 Å². The summed E-state index contributed by atoms with van der Waals surface area (Å²) < 4.78 is 40.9. The molecule has 3 amide bonds. The number of amides is 3. The Hall–Kier alpha value is -5.64. The number of rotatable bonds is 14. The average Bonchev–Trinajstić information content (AvgIpc) is 3.62. The van der Waals surface area contributed by atoms with Crippen LogP contribution in [0.4, 0.5) is 4.79 Å². The highest BCUT2D eigenvalue weighted by Gasteiger charge is 2.37. The summed E-state index contributed by atoms with van der Waals surface area (Å²) in [6, 6.07) is 14.5. The van der Waals surface area contributed by atoms with Crippen LogP contribution in [-0.2, 0) is 35.6 Å². The molecule has 1 atom stereocenters. The van der Waals surface area contributed by atoms with E-state index in [9.17, 15) is 27.6 Å². The number of carboxylic acids is 1. The van der Waals surface area contributed by atoms with E-state index >= 15 is 0 Å². The number of aliphatic imine (C=N–C) groups is 1. The van der Waals surface area contributed by atoms with Crippen LogP contribution in [0.2, 0.25) is 0 Å². The molecule has 1 heterocycles. The number of alkyl carbamates (subject to hydrolysis) is 1. The smallest absolute Gasteiger partial charge is 0.407 e. The van der Waals surface area contributed by atoms with Crippen LogP contribution < -0.4 is 31.1 Å². The van der Waals surface area contributed by atoms with Crippen molar-refractivity contribution >= 4 is 39.9 Å². The van der Waals surface area contributed by atoms with E-state index in [1.54, 1.807) is 13.8 Å². The van der Waals surface area contributed by atoms with E-state index in [4.69, 9.17) is 20.3 Å². The summed E-state index contributed by atoms with van der Waals surface area (Å²) >= 11 is 0. The largest absolute Gasteiger partial charge is 0.487 e.